The van der Waals surface area contributed by atoms with Gasteiger partial charge in [-0.05, 0) is 31.2 Å². The monoisotopic (exact) mass is 350 g/mol. The van der Waals surface area contributed by atoms with Crippen LogP contribution in [0.4, 0.5) is 16.2 Å². The summed E-state index contributed by atoms with van der Waals surface area (Å²) < 4.78 is 4.81. The molecule has 7 nitrogen and oxygen atoms in total. The summed E-state index contributed by atoms with van der Waals surface area (Å²) in [6, 6.07) is 16.3. The molecule has 7 heteroatoms. The maximum Gasteiger partial charge on any atom is 0.411 e. The summed E-state index contributed by atoms with van der Waals surface area (Å²) in [6.07, 6.45) is 0.976. The molecule has 0 radical (unpaired) electrons. The first-order valence-electron chi connectivity index (χ1n) is 8.11. The predicted octanol–water partition coefficient (Wildman–Crippen LogP) is 3.90. The molecule has 0 fully saturated rings. The van der Waals surface area contributed by atoms with E-state index >= 15 is 0 Å². The second-order valence-electron chi connectivity index (χ2n) is 5.40. The second kappa shape index (κ2) is 7.98. The van der Waals surface area contributed by atoms with E-state index in [4.69, 9.17) is 4.74 Å². The number of anilines is 2. The van der Waals surface area contributed by atoms with Gasteiger partial charge in [0.25, 0.3) is 5.91 Å². The number of benzene rings is 2. The summed E-state index contributed by atoms with van der Waals surface area (Å²) >= 11 is 0. The van der Waals surface area contributed by atoms with Crippen molar-refractivity contribution in [2.24, 2.45) is 0 Å². The topological polar surface area (TPSA) is 96.1 Å². The number of nitrogens with zero attached hydrogens (tertiary/aromatic N) is 1. The highest BCUT2D eigenvalue weighted by atomic mass is 16.5. The third kappa shape index (κ3) is 4.07. The lowest BCUT2D eigenvalue weighted by atomic mass is 10.1. The van der Waals surface area contributed by atoms with Gasteiger partial charge in [-0.2, -0.15) is 5.10 Å². The summed E-state index contributed by atoms with van der Waals surface area (Å²) in [5.74, 6) is -0.274. The van der Waals surface area contributed by atoms with Gasteiger partial charge < -0.3 is 10.1 Å². The van der Waals surface area contributed by atoms with E-state index in [0.29, 0.717) is 29.2 Å². The molecule has 3 N–H and O–H groups in total. The van der Waals surface area contributed by atoms with Crippen molar-refractivity contribution in [2.45, 2.75) is 6.92 Å². The summed E-state index contributed by atoms with van der Waals surface area (Å²) in [5.41, 5.74) is 3.16. The third-order valence-corrected chi connectivity index (χ3v) is 3.61. The second-order valence-corrected chi connectivity index (χ2v) is 5.40. The van der Waals surface area contributed by atoms with Gasteiger partial charge in [0.15, 0.2) is 0 Å². The van der Waals surface area contributed by atoms with Crippen molar-refractivity contribution in [2.75, 3.05) is 17.2 Å². The first kappa shape index (κ1) is 17.2. The quantitative estimate of drug-likeness (QED) is 0.650. The molecule has 132 valence electrons. The minimum Gasteiger partial charge on any atom is -0.450 e. The summed E-state index contributed by atoms with van der Waals surface area (Å²) in [5, 5.41) is 12.2. The van der Waals surface area contributed by atoms with Crippen molar-refractivity contribution in [3.8, 4) is 11.3 Å². The van der Waals surface area contributed by atoms with Crippen LogP contribution in [0.3, 0.4) is 0 Å². The largest absolute Gasteiger partial charge is 0.450 e. The van der Waals surface area contributed by atoms with Gasteiger partial charge >= 0.3 is 6.09 Å². The molecule has 2 amide bonds. The van der Waals surface area contributed by atoms with Crippen LogP contribution in [0.15, 0.2) is 60.8 Å². The van der Waals surface area contributed by atoms with Crippen LogP contribution in [-0.2, 0) is 4.74 Å². The normalized spacial score (nSPS) is 10.2. The highest BCUT2D eigenvalue weighted by molar-refractivity contribution is 6.08. The van der Waals surface area contributed by atoms with E-state index in [1.807, 2.05) is 30.3 Å². The van der Waals surface area contributed by atoms with Crippen molar-refractivity contribution in [3.05, 3.63) is 66.4 Å². The lowest BCUT2D eigenvalue weighted by molar-refractivity contribution is 0.102. The van der Waals surface area contributed by atoms with Crippen LogP contribution in [0.25, 0.3) is 11.3 Å². The van der Waals surface area contributed by atoms with Crippen LogP contribution in [-0.4, -0.2) is 28.8 Å². The van der Waals surface area contributed by atoms with Crippen molar-refractivity contribution in [3.63, 3.8) is 0 Å². The average Bonchev–Trinajstić information content (AvgIpc) is 3.14. The van der Waals surface area contributed by atoms with Crippen LogP contribution in [0.1, 0.15) is 17.3 Å². The van der Waals surface area contributed by atoms with Crippen LogP contribution in [0.2, 0.25) is 0 Å². The fourth-order valence-electron chi connectivity index (χ4n) is 2.40. The maximum atomic E-state index is 12.6. The molecule has 0 saturated carbocycles. The molecule has 0 aliphatic carbocycles. The van der Waals surface area contributed by atoms with E-state index in [9.17, 15) is 9.59 Å². The molecule has 2 aromatic carbocycles. The third-order valence-electron chi connectivity index (χ3n) is 3.61. The average molecular weight is 350 g/mol. The predicted molar refractivity (Wildman–Crippen MR) is 99.1 cm³/mol. The van der Waals surface area contributed by atoms with Crippen molar-refractivity contribution in [1.82, 2.24) is 10.2 Å². The van der Waals surface area contributed by atoms with Gasteiger partial charge in [0.2, 0.25) is 0 Å². The standard InChI is InChI=1S/C19H18N4O3/c1-2-26-19(25)22-15-10-8-14(9-11-15)21-18(24)16-12-20-23-17(16)13-6-4-3-5-7-13/h3-12H,2H2,1H3,(H,20,23)(H,21,24)(H,22,25). The first-order chi connectivity index (χ1) is 12.7. The SMILES string of the molecule is CCOC(=O)Nc1ccc(NC(=O)c2cn[nH]c2-c2ccccc2)cc1. The Morgan fingerprint density at radius 1 is 1.00 bits per heavy atom. The number of aromatic nitrogens is 2. The van der Waals surface area contributed by atoms with E-state index in [-0.39, 0.29) is 5.91 Å². The van der Waals surface area contributed by atoms with Gasteiger partial charge in [0, 0.05) is 16.9 Å². The molecule has 1 heterocycles. The number of H-pyrrole nitrogens is 1. The Hall–Kier alpha value is -3.61. The Morgan fingerprint density at radius 2 is 1.65 bits per heavy atom. The molecule has 0 unspecified atom stereocenters. The molecule has 0 aliphatic heterocycles. The number of amides is 2. The summed E-state index contributed by atoms with van der Waals surface area (Å²) in [6.45, 7) is 2.03. The zero-order chi connectivity index (χ0) is 18.4. The van der Waals surface area contributed by atoms with Crippen LogP contribution < -0.4 is 10.6 Å². The van der Waals surface area contributed by atoms with Gasteiger partial charge in [0.1, 0.15) is 0 Å². The summed E-state index contributed by atoms with van der Waals surface area (Å²) in [7, 11) is 0. The Labute approximate surface area is 150 Å². The number of carbonyl (C=O) groups excluding carboxylic acids is 2. The van der Waals surface area contributed by atoms with E-state index in [1.165, 1.54) is 6.20 Å². The number of aromatic amines is 1. The lowest BCUT2D eigenvalue weighted by Gasteiger charge is -2.08. The number of ether oxygens (including phenoxy) is 1. The van der Waals surface area contributed by atoms with Crippen molar-refractivity contribution in [1.29, 1.82) is 0 Å². The van der Waals surface area contributed by atoms with Gasteiger partial charge in [-0.25, -0.2) is 4.79 Å². The molecule has 1 aromatic heterocycles. The smallest absolute Gasteiger partial charge is 0.411 e. The number of hydrogen-bond donors (Lipinski definition) is 3. The van der Waals surface area contributed by atoms with Gasteiger partial charge in [0.05, 0.1) is 24.1 Å². The number of nitrogens with one attached hydrogen (secondary N) is 3. The van der Waals surface area contributed by atoms with E-state index in [0.717, 1.165) is 5.56 Å². The highest BCUT2D eigenvalue weighted by Crippen LogP contribution is 2.22. The van der Waals surface area contributed by atoms with E-state index in [2.05, 4.69) is 20.8 Å². The molecule has 0 bridgehead atoms. The molecule has 0 aliphatic rings. The molecular weight excluding hydrogens is 332 g/mol. The fourth-order valence-corrected chi connectivity index (χ4v) is 2.40. The molecule has 0 saturated heterocycles. The van der Waals surface area contributed by atoms with Crippen LogP contribution >= 0.6 is 0 Å². The van der Waals surface area contributed by atoms with Gasteiger partial charge in [-0.3, -0.25) is 15.2 Å². The van der Waals surface area contributed by atoms with Crippen LogP contribution in [0.5, 0.6) is 0 Å². The Kier molecular flexibility index (Phi) is 5.28. The van der Waals surface area contributed by atoms with Gasteiger partial charge in [-0.1, -0.05) is 30.3 Å². The van der Waals surface area contributed by atoms with E-state index < -0.39 is 6.09 Å². The number of carbonyl (C=O) groups is 2. The number of rotatable bonds is 5. The zero-order valence-corrected chi connectivity index (χ0v) is 14.2. The molecule has 3 aromatic rings. The molecule has 26 heavy (non-hydrogen) atoms. The van der Waals surface area contributed by atoms with E-state index in [1.54, 1.807) is 31.2 Å². The maximum absolute atomic E-state index is 12.6. The van der Waals surface area contributed by atoms with Crippen LogP contribution in [0, 0.1) is 0 Å². The fraction of sp³-hybridized carbons (Fsp3) is 0.105. The number of hydrogen-bond acceptors (Lipinski definition) is 4. The molecule has 0 atom stereocenters. The summed E-state index contributed by atoms with van der Waals surface area (Å²) in [4.78, 5) is 23.9. The first-order valence-corrected chi connectivity index (χ1v) is 8.11. The Balaban J connectivity index is 1.69. The Morgan fingerprint density at radius 3 is 2.31 bits per heavy atom. The lowest BCUT2D eigenvalue weighted by Crippen LogP contribution is -2.14. The minimum atomic E-state index is -0.518. The molecular formula is C19H18N4O3. The van der Waals surface area contributed by atoms with Gasteiger partial charge in [-0.15, -0.1) is 0 Å². The Bertz CT molecular complexity index is 889. The minimum absolute atomic E-state index is 0.274. The highest BCUT2D eigenvalue weighted by Gasteiger charge is 2.15. The molecule has 3 rings (SSSR count). The van der Waals surface area contributed by atoms with Crippen molar-refractivity contribution < 1.29 is 14.3 Å². The van der Waals surface area contributed by atoms with Crippen molar-refractivity contribution >= 4 is 23.4 Å². The zero-order valence-electron chi connectivity index (χ0n) is 14.2. The molecule has 0 spiro atoms.